The van der Waals surface area contributed by atoms with Crippen molar-refractivity contribution < 1.29 is 9.90 Å². The molecule has 0 heterocycles. The van der Waals surface area contributed by atoms with E-state index in [1.54, 1.807) is 0 Å². The second-order valence-electron chi connectivity index (χ2n) is 5.34. The van der Waals surface area contributed by atoms with E-state index >= 15 is 0 Å². The zero-order chi connectivity index (χ0) is 16.7. The van der Waals surface area contributed by atoms with Crippen LogP contribution in [0.2, 0.25) is 0 Å². The summed E-state index contributed by atoms with van der Waals surface area (Å²) in [5.74, 6) is 0. The van der Waals surface area contributed by atoms with Gasteiger partial charge in [0, 0.05) is 31.0 Å². The van der Waals surface area contributed by atoms with Gasteiger partial charge in [0.15, 0.2) is 0 Å². The number of anilines is 2. The van der Waals surface area contributed by atoms with Gasteiger partial charge in [0.2, 0.25) is 0 Å². The molecule has 0 aromatic heterocycles. The summed E-state index contributed by atoms with van der Waals surface area (Å²) < 4.78 is 0. The van der Waals surface area contributed by atoms with Gasteiger partial charge in [0.05, 0.1) is 0 Å². The Bertz CT molecular complexity index is 519. The number of carbonyl (C=O) groups is 1. The van der Waals surface area contributed by atoms with Gasteiger partial charge in [-0.2, -0.15) is 0 Å². The lowest BCUT2D eigenvalue weighted by Gasteiger charge is -2.28. The Balaban J connectivity index is 3.27. The summed E-state index contributed by atoms with van der Waals surface area (Å²) in [4.78, 5) is 15.0. The summed E-state index contributed by atoms with van der Waals surface area (Å²) in [6.07, 6.45) is 3.58. The highest BCUT2D eigenvalue weighted by atomic mass is 16.4. The molecule has 1 N–H and O–H groups in total. The number of carboxylic acid groups (broad SMARTS) is 1. The van der Waals surface area contributed by atoms with Gasteiger partial charge in [-0.3, -0.25) is 4.90 Å². The summed E-state index contributed by atoms with van der Waals surface area (Å²) in [5, 5.41) is 9.38. The van der Waals surface area contributed by atoms with Crippen LogP contribution in [0, 0.1) is 13.8 Å². The Labute approximate surface area is 133 Å². The van der Waals surface area contributed by atoms with Crippen LogP contribution in [0.25, 0.3) is 0 Å². The van der Waals surface area contributed by atoms with Crippen LogP contribution in [0.5, 0.6) is 0 Å². The first-order valence-electron chi connectivity index (χ1n) is 7.54. The molecule has 0 radical (unpaired) electrons. The zero-order valence-electron chi connectivity index (χ0n) is 13.8. The summed E-state index contributed by atoms with van der Waals surface area (Å²) >= 11 is 0. The minimum absolute atomic E-state index is 0.497. The zero-order valence-corrected chi connectivity index (χ0v) is 13.8. The fourth-order valence-electron chi connectivity index (χ4n) is 2.72. The third kappa shape index (κ3) is 4.13. The van der Waals surface area contributed by atoms with Crippen LogP contribution >= 0.6 is 0 Å². The lowest BCUT2D eigenvalue weighted by atomic mass is 10.1. The second-order valence-corrected chi connectivity index (χ2v) is 5.34. The van der Waals surface area contributed by atoms with Gasteiger partial charge in [-0.15, -0.1) is 13.2 Å². The predicted octanol–water partition coefficient (Wildman–Crippen LogP) is 4.38. The minimum Gasteiger partial charge on any atom is -0.465 e. The molecule has 4 nitrogen and oxygen atoms in total. The second kappa shape index (κ2) is 8.27. The Hall–Kier alpha value is -2.23. The Kier molecular flexibility index (Phi) is 6.70. The molecule has 0 unspecified atom stereocenters. The molecule has 0 fully saturated rings. The van der Waals surface area contributed by atoms with E-state index < -0.39 is 6.09 Å². The lowest BCUT2D eigenvalue weighted by Crippen LogP contribution is -2.30. The van der Waals surface area contributed by atoms with Crippen molar-refractivity contribution in [2.75, 3.05) is 29.4 Å². The third-order valence-electron chi connectivity index (χ3n) is 3.48. The van der Waals surface area contributed by atoms with E-state index in [4.69, 9.17) is 0 Å². The Morgan fingerprint density at radius 3 is 2.05 bits per heavy atom. The van der Waals surface area contributed by atoms with E-state index in [1.807, 2.05) is 45.1 Å². The van der Waals surface area contributed by atoms with E-state index in [0.29, 0.717) is 6.54 Å². The molecule has 0 saturated heterocycles. The predicted molar refractivity (Wildman–Crippen MR) is 94.2 cm³/mol. The molecule has 1 aromatic carbocycles. The van der Waals surface area contributed by atoms with Gasteiger partial charge >= 0.3 is 6.09 Å². The quantitative estimate of drug-likeness (QED) is 0.725. The van der Waals surface area contributed by atoms with Crippen LogP contribution in [-0.2, 0) is 0 Å². The van der Waals surface area contributed by atoms with E-state index in [1.165, 1.54) is 4.90 Å². The number of hydrogen-bond acceptors (Lipinski definition) is 2. The molecule has 0 spiro atoms. The van der Waals surface area contributed by atoms with Crippen LogP contribution in [0.4, 0.5) is 16.2 Å². The highest BCUT2D eigenvalue weighted by Crippen LogP contribution is 2.30. The smallest absolute Gasteiger partial charge is 0.411 e. The minimum atomic E-state index is -0.914. The van der Waals surface area contributed by atoms with Crippen molar-refractivity contribution in [2.45, 2.75) is 27.2 Å². The molecular weight excluding hydrogens is 276 g/mol. The number of nitrogens with zero attached hydrogens (tertiary/aromatic N) is 2. The van der Waals surface area contributed by atoms with Crippen LogP contribution in [0.15, 0.2) is 37.4 Å². The van der Waals surface area contributed by atoms with E-state index in [-0.39, 0.29) is 0 Å². The monoisotopic (exact) mass is 302 g/mol. The molecule has 0 aliphatic carbocycles. The molecule has 0 saturated carbocycles. The van der Waals surface area contributed by atoms with Crippen molar-refractivity contribution in [1.29, 1.82) is 0 Å². The van der Waals surface area contributed by atoms with Crippen LogP contribution < -0.4 is 9.80 Å². The maximum absolute atomic E-state index is 11.4. The molecular formula is C18H26N2O2. The Morgan fingerprint density at radius 2 is 1.68 bits per heavy atom. The molecule has 4 heteroatoms. The van der Waals surface area contributed by atoms with Gasteiger partial charge < -0.3 is 10.0 Å². The highest BCUT2D eigenvalue weighted by molar-refractivity contribution is 5.87. The molecule has 0 bridgehead atoms. The maximum atomic E-state index is 11.4. The topological polar surface area (TPSA) is 43.8 Å². The first-order chi connectivity index (χ1) is 10.5. The van der Waals surface area contributed by atoms with Gasteiger partial charge in [-0.05, 0) is 43.5 Å². The normalized spacial score (nSPS) is 10.1. The van der Waals surface area contributed by atoms with Crippen molar-refractivity contribution >= 4 is 17.5 Å². The molecule has 1 aromatic rings. The number of benzene rings is 1. The summed E-state index contributed by atoms with van der Waals surface area (Å²) in [6, 6.07) is 3.87. The molecule has 1 rings (SSSR count). The Morgan fingerprint density at radius 1 is 1.18 bits per heavy atom. The van der Waals surface area contributed by atoms with Crippen molar-refractivity contribution in [2.24, 2.45) is 0 Å². The van der Waals surface area contributed by atoms with Crippen molar-refractivity contribution in [1.82, 2.24) is 0 Å². The SMILES string of the molecule is C=CCN(CC=C)c1c(C)cc(N(CCC)C(=O)O)cc1C. The van der Waals surface area contributed by atoms with Gasteiger partial charge in [0.25, 0.3) is 0 Å². The number of rotatable bonds is 8. The number of amides is 1. The van der Waals surface area contributed by atoms with Crippen molar-refractivity contribution in [3.05, 3.63) is 48.6 Å². The first kappa shape index (κ1) is 17.8. The summed E-state index contributed by atoms with van der Waals surface area (Å²) in [6.45, 7) is 15.5. The third-order valence-corrected chi connectivity index (χ3v) is 3.48. The maximum Gasteiger partial charge on any atom is 0.411 e. The number of aryl methyl sites for hydroxylation is 2. The van der Waals surface area contributed by atoms with Crippen LogP contribution in [0.3, 0.4) is 0 Å². The van der Waals surface area contributed by atoms with Crippen LogP contribution in [0.1, 0.15) is 24.5 Å². The fourth-order valence-corrected chi connectivity index (χ4v) is 2.72. The van der Waals surface area contributed by atoms with E-state index in [9.17, 15) is 9.90 Å². The average Bonchev–Trinajstić information content (AvgIpc) is 2.44. The molecule has 120 valence electrons. The lowest BCUT2D eigenvalue weighted by molar-refractivity contribution is 0.202. The van der Waals surface area contributed by atoms with Crippen molar-refractivity contribution in [3.8, 4) is 0 Å². The van der Waals surface area contributed by atoms with E-state index in [0.717, 1.165) is 42.0 Å². The standard InChI is InChI=1S/C18H26N2O2/c1-6-9-19(10-7-2)17-14(4)12-16(13-15(17)5)20(11-8-3)18(21)22/h6-7,12-13H,1-2,8-11H2,3-5H3,(H,21,22). The largest absolute Gasteiger partial charge is 0.465 e. The first-order valence-corrected chi connectivity index (χ1v) is 7.54. The fraction of sp³-hybridized carbons (Fsp3) is 0.389. The van der Waals surface area contributed by atoms with Crippen LogP contribution in [-0.4, -0.2) is 30.8 Å². The van der Waals surface area contributed by atoms with E-state index in [2.05, 4.69) is 18.1 Å². The number of hydrogen-bond donors (Lipinski definition) is 1. The molecule has 0 atom stereocenters. The van der Waals surface area contributed by atoms with Gasteiger partial charge in [-0.25, -0.2) is 4.79 Å². The van der Waals surface area contributed by atoms with Gasteiger partial charge in [-0.1, -0.05) is 19.1 Å². The average molecular weight is 302 g/mol. The van der Waals surface area contributed by atoms with Gasteiger partial charge in [0.1, 0.15) is 0 Å². The molecule has 22 heavy (non-hydrogen) atoms. The molecule has 0 aliphatic heterocycles. The molecule has 0 aliphatic rings. The molecule has 1 amide bonds. The van der Waals surface area contributed by atoms with Crippen molar-refractivity contribution in [3.63, 3.8) is 0 Å². The highest BCUT2D eigenvalue weighted by Gasteiger charge is 2.17. The summed E-state index contributed by atoms with van der Waals surface area (Å²) in [7, 11) is 0. The summed E-state index contributed by atoms with van der Waals surface area (Å²) in [5.41, 5.74) is 3.96.